The first kappa shape index (κ1) is 12.3. The molecule has 0 atom stereocenters. The van der Waals surface area contributed by atoms with Crippen molar-refractivity contribution in [1.82, 2.24) is 9.97 Å². The monoisotopic (exact) mass is 381 g/mol. The minimum absolute atomic E-state index is 0.405. The number of nitrogens with one attached hydrogen (secondary N) is 1. The van der Waals surface area contributed by atoms with Crippen molar-refractivity contribution < 1.29 is 0 Å². The number of hydrogen-bond donors (Lipinski definition) is 1. The summed E-state index contributed by atoms with van der Waals surface area (Å²) in [6, 6.07) is 2.02. The van der Waals surface area contributed by atoms with Crippen LogP contribution in [0.5, 0.6) is 0 Å². The van der Waals surface area contributed by atoms with E-state index in [-0.39, 0.29) is 0 Å². The zero-order valence-electron chi connectivity index (χ0n) is 7.88. The molecule has 0 aliphatic heterocycles. The van der Waals surface area contributed by atoms with E-state index in [9.17, 15) is 0 Å². The van der Waals surface area contributed by atoms with Crippen molar-refractivity contribution in [1.29, 1.82) is 0 Å². The van der Waals surface area contributed by atoms with Crippen LogP contribution >= 0.6 is 54.8 Å². The van der Waals surface area contributed by atoms with E-state index in [0.717, 1.165) is 4.47 Å². The highest BCUT2D eigenvalue weighted by Crippen LogP contribution is 2.28. The van der Waals surface area contributed by atoms with Gasteiger partial charge in [-0.25, -0.2) is 9.97 Å². The van der Waals surface area contributed by atoms with Gasteiger partial charge in [-0.15, -0.1) is 11.3 Å². The molecule has 0 aliphatic carbocycles. The maximum atomic E-state index is 5.86. The molecule has 7 heteroatoms. The number of aromatic nitrogens is 2. The highest BCUT2D eigenvalue weighted by Gasteiger charge is 2.07. The first-order valence-corrected chi connectivity index (χ1v) is 7.14. The van der Waals surface area contributed by atoms with Gasteiger partial charge < -0.3 is 5.32 Å². The number of rotatable bonds is 3. The maximum Gasteiger partial charge on any atom is 0.148 e. The van der Waals surface area contributed by atoms with Crippen LogP contribution in [-0.4, -0.2) is 9.97 Å². The molecule has 0 unspecified atom stereocenters. The summed E-state index contributed by atoms with van der Waals surface area (Å²) in [7, 11) is 0. The molecule has 0 saturated heterocycles. The van der Waals surface area contributed by atoms with Crippen molar-refractivity contribution in [3.05, 3.63) is 36.7 Å². The Morgan fingerprint density at radius 2 is 2.19 bits per heavy atom. The number of anilines is 1. The Balaban J connectivity index is 2.11. The molecule has 0 amide bonds. The van der Waals surface area contributed by atoms with Gasteiger partial charge in [-0.3, -0.25) is 0 Å². The van der Waals surface area contributed by atoms with Gasteiger partial charge in [-0.1, -0.05) is 11.6 Å². The Bertz CT molecular complexity index is 503. The van der Waals surface area contributed by atoms with E-state index in [1.807, 2.05) is 11.4 Å². The van der Waals surface area contributed by atoms with Crippen molar-refractivity contribution in [2.24, 2.45) is 0 Å². The van der Waals surface area contributed by atoms with Crippen molar-refractivity contribution in [2.45, 2.75) is 6.54 Å². The second-order valence-corrected chi connectivity index (χ2v) is 5.88. The molecule has 2 aromatic heterocycles. The van der Waals surface area contributed by atoms with Gasteiger partial charge in [0, 0.05) is 9.35 Å². The first-order chi connectivity index (χ1) is 7.68. The summed E-state index contributed by atoms with van der Waals surface area (Å²) >= 11 is 14.3. The van der Waals surface area contributed by atoms with Gasteiger partial charge in [0.25, 0.3) is 0 Å². The Morgan fingerprint density at radius 1 is 1.38 bits per heavy atom. The van der Waals surface area contributed by atoms with Crippen LogP contribution < -0.4 is 5.32 Å². The molecule has 0 spiro atoms. The summed E-state index contributed by atoms with van der Waals surface area (Å²) in [4.78, 5) is 9.18. The normalized spacial score (nSPS) is 10.4. The third kappa shape index (κ3) is 2.74. The molecule has 2 aromatic rings. The van der Waals surface area contributed by atoms with Crippen LogP contribution in [0, 0.1) is 0 Å². The average Bonchev–Trinajstić information content (AvgIpc) is 2.67. The highest BCUT2D eigenvalue weighted by atomic mass is 79.9. The lowest BCUT2D eigenvalue weighted by atomic mass is 10.4. The number of nitrogens with zero attached hydrogens (tertiary/aromatic N) is 2. The van der Waals surface area contributed by atoms with E-state index >= 15 is 0 Å². The maximum absolute atomic E-state index is 5.86. The molecule has 2 rings (SSSR count). The van der Waals surface area contributed by atoms with Gasteiger partial charge in [0.15, 0.2) is 0 Å². The fourth-order valence-electron chi connectivity index (χ4n) is 1.09. The van der Waals surface area contributed by atoms with Crippen molar-refractivity contribution in [2.75, 3.05) is 5.32 Å². The van der Waals surface area contributed by atoms with Gasteiger partial charge in [-0.05, 0) is 43.3 Å². The minimum Gasteiger partial charge on any atom is -0.364 e. The molecule has 3 nitrogen and oxygen atoms in total. The van der Waals surface area contributed by atoms with Crippen LogP contribution in [0.2, 0.25) is 5.15 Å². The predicted molar refractivity (Wildman–Crippen MR) is 74.1 cm³/mol. The number of hydrogen-bond acceptors (Lipinski definition) is 4. The fourth-order valence-corrected chi connectivity index (χ4v) is 3.00. The van der Waals surface area contributed by atoms with Gasteiger partial charge >= 0.3 is 0 Å². The Morgan fingerprint density at radius 3 is 2.88 bits per heavy atom. The van der Waals surface area contributed by atoms with Crippen LogP contribution in [0.25, 0.3) is 0 Å². The Labute approximate surface area is 119 Å². The Kier molecular flexibility index (Phi) is 4.18. The molecule has 0 saturated carbocycles. The molecule has 0 fully saturated rings. The lowest BCUT2D eigenvalue weighted by molar-refractivity contribution is 1.08. The third-order valence-electron chi connectivity index (χ3n) is 1.85. The van der Waals surface area contributed by atoms with E-state index in [1.165, 1.54) is 11.2 Å². The zero-order chi connectivity index (χ0) is 11.5. The summed E-state index contributed by atoms with van der Waals surface area (Å²) in [6.07, 6.45) is 1.43. The summed E-state index contributed by atoms with van der Waals surface area (Å²) in [5.74, 6) is 0.695. The smallest absolute Gasteiger partial charge is 0.148 e. The van der Waals surface area contributed by atoms with E-state index in [2.05, 4.69) is 47.1 Å². The van der Waals surface area contributed by atoms with Gasteiger partial charge in [0.05, 0.1) is 11.0 Å². The van der Waals surface area contributed by atoms with Crippen molar-refractivity contribution >= 4 is 60.6 Å². The molecule has 1 N–H and O–H groups in total. The van der Waals surface area contributed by atoms with Crippen molar-refractivity contribution in [3.63, 3.8) is 0 Å². The van der Waals surface area contributed by atoms with E-state index in [0.29, 0.717) is 22.0 Å². The van der Waals surface area contributed by atoms with E-state index in [4.69, 9.17) is 11.6 Å². The number of thiophene rings is 1. The minimum atomic E-state index is 0.405. The van der Waals surface area contributed by atoms with E-state index < -0.39 is 0 Å². The van der Waals surface area contributed by atoms with Crippen LogP contribution in [-0.2, 0) is 6.54 Å². The lowest BCUT2D eigenvalue weighted by Crippen LogP contribution is -2.01. The van der Waals surface area contributed by atoms with Crippen LogP contribution in [0.15, 0.2) is 26.7 Å². The summed E-state index contributed by atoms with van der Waals surface area (Å²) < 4.78 is 1.78. The molecule has 84 valence electrons. The molecular formula is C9H6Br2ClN3S. The molecule has 2 heterocycles. The second kappa shape index (κ2) is 5.44. The molecule has 0 bridgehead atoms. The summed E-state index contributed by atoms with van der Waals surface area (Å²) in [6.45, 7) is 0.699. The van der Waals surface area contributed by atoms with Crippen molar-refractivity contribution in [3.8, 4) is 0 Å². The zero-order valence-corrected chi connectivity index (χ0v) is 12.6. The third-order valence-corrected chi connectivity index (χ3v) is 5.05. The molecule has 0 aliphatic rings. The van der Waals surface area contributed by atoms with Gasteiger partial charge in [-0.2, -0.15) is 0 Å². The van der Waals surface area contributed by atoms with Crippen LogP contribution in [0.1, 0.15) is 4.88 Å². The topological polar surface area (TPSA) is 37.8 Å². The van der Waals surface area contributed by atoms with Gasteiger partial charge in [0.1, 0.15) is 17.3 Å². The summed E-state index contributed by atoms with van der Waals surface area (Å²) in [5, 5.41) is 5.63. The Hall–Kier alpha value is -0.170. The SMILES string of the molecule is Clc1ncnc(NCc2sccc2Br)c1Br. The molecular weight excluding hydrogens is 377 g/mol. The largest absolute Gasteiger partial charge is 0.364 e. The molecule has 0 radical (unpaired) electrons. The van der Waals surface area contributed by atoms with E-state index in [1.54, 1.807) is 11.3 Å². The molecule has 0 aromatic carbocycles. The second-order valence-electron chi connectivity index (χ2n) is 2.87. The van der Waals surface area contributed by atoms with Crippen LogP contribution in [0.3, 0.4) is 0 Å². The molecule has 16 heavy (non-hydrogen) atoms. The average molecular weight is 383 g/mol. The fraction of sp³-hybridized carbons (Fsp3) is 0.111. The lowest BCUT2D eigenvalue weighted by Gasteiger charge is -2.06. The highest BCUT2D eigenvalue weighted by molar-refractivity contribution is 9.11. The quantitative estimate of drug-likeness (QED) is 0.802. The first-order valence-electron chi connectivity index (χ1n) is 4.30. The number of halogens is 3. The summed E-state index contributed by atoms with van der Waals surface area (Å²) in [5.41, 5.74) is 0. The van der Waals surface area contributed by atoms with Crippen LogP contribution in [0.4, 0.5) is 5.82 Å². The predicted octanol–water partition coefficient (Wildman–Crippen LogP) is 4.33. The van der Waals surface area contributed by atoms with Gasteiger partial charge in [0.2, 0.25) is 0 Å². The standard InChI is InChI=1S/C9H6Br2ClN3S/c10-5-1-2-16-6(5)3-13-9-7(11)8(12)14-4-15-9/h1-2,4H,3H2,(H,13,14,15).